The average molecular weight is 367 g/mol. The van der Waals surface area contributed by atoms with Gasteiger partial charge in [0.2, 0.25) is 6.79 Å². The van der Waals surface area contributed by atoms with Gasteiger partial charge in [-0.2, -0.15) is 5.10 Å². The number of amides is 1. The number of carbonyl (C=O) groups is 1. The van der Waals surface area contributed by atoms with Crippen molar-refractivity contribution in [2.75, 3.05) is 6.79 Å². The second-order valence-corrected chi connectivity index (χ2v) is 7.79. The number of fused-ring (bicyclic) bond motifs is 2. The Balaban J connectivity index is 1.46. The number of nitrogens with zero attached hydrogens (tertiary/aromatic N) is 3. The second-order valence-electron chi connectivity index (χ2n) is 7.79. The van der Waals surface area contributed by atoms with Gasteiger partial charge in [-0.25, -0.2) is 0 Å². The highest BCUT2D eigenvalue weighted by Crippen LogP contribution is 2.34. The number of ether oxygens (including phenoxy) is 2. The Morgan fingerprint density at radius 3 is 2.85 bits per heavy atom. The van der Waals surface area contributed by atoms with Crippen LogP contribution in [0.15, 0.2) is 18.2 Å². The third-order valence-corrected chi connectivity index (χ3v) is 6.16. The van der Waals surface area contributed by atoms with Gasteiger partial charge in [0.15, 0.2) is 11.5 Å². The zero-order chi connectivity index (χ0) is 18.4. The normalized spacial score (nSPS) is 18.1. The highest BCUT2D eigenvalue weighted by Gasteiger charge is 2.31. The molecule has 1 amide bonds. The van der Waals surface area contributed by atoms with Gasteiger partial charge in [-0.1, -0.05) is 12.8 Å². The Kier molecular flexibility index (Phi) is 4.06. The first-order chi connectivity index (χ1) is 13.2. The van der Waals surface area contributed by atoms with Gasteiger partial charge in [0.05, 0.1) is 12.2 Å². The van der Waals surface area contributed by atoms with E-state index in [2.05, 4.69) is 0 Å². The molecule has 0 atom stereocenters. The summed E-state index contributed by atoms with van der Waals surface area (Å²) in [6.07, 6.45) is 7.89. The number of aryl methyl sites for hydroxylation is 1. The van der Waals surface area contributed by atoms with Crippen molar-refractivity contribution in [2.24, 2.45) is 7.05 Å². The molecular formula is C21H25N3O3. The van der Waals surface area contributed by atoms with Crippen LogP contribution in [0.1, 0.15) is 59.4 Å². The molecule has 6 nitrogen and oxygen atoms in total. The topological polar surface area (TPSA) is 56.6 Å². The van der Waals surface area contributed by atoms with Gasteiger partial charge in [-0.3, -0.25) is 9.48 Å². The van der Waals surface area contributed by atoms with Crippen LogP contribution in [-0.2, 0) is 26.4 Å². The molecule has 0 unspecified atom stereocenters. The van der Waals surface area contributed by atoms with Crippen LogP contribution >= 0.6 is 0 Å². The van der Waals surface area contributed by atoms with Crippen LogP contribution < -0.4 is 9.47 Å². The Morgan fingerprint density at radius 1 is 1.19 bits per heavy atom. The number of carbonyl (C=O) groups excluding carboxylic acids is 1. The quantitative estimate of drug-likeness (QED) is 0.833. The van der Waals surface area contributed by atoms with Crippen molar-refractivity contribution in [1.29, 1.82) is 0 Å². The van der Waals surface area contributed by atoms with E-state index in [1.165, 1.54) is 30.5 Å². The van der Waals surface area contributed by atoms with Crippen LogP contribution in [0.25, 0.3) is 0 Å². The van der Waals surface area contributed by atoms with E-state index in [4.69, 9.17) is 14.6 Å². The summed E-state index contributed by atoms with van der Waals surface area (Å²) in [5, 5.41) is 4.76. The third kappa shape index (κ3) is 2.87. The minimum absolute atomic E-state index is 0.0672. The van der Waals surface area contributed by atoms with Gasteiger partial charge in [0.25, 0.3) is 5.91 Å². The van der Waals surface area contributed by atoms with Crippen molar-refractivity contribution < 1.29 is 14.3 Å². The van der Waals surface area contributed by atoms with Crippen LogP contribution in [0.5, 0.6) is 11.5 Å². The number of hydrogen-bond donors (Lipinski definition) is 0. The van der Waals surface area contributed by atoms with E-state index in [9.17, 15) is 4.79 Å². The highest BCUT2D eigenvalue weighted by molar-refractivity contribution is 5.95. The molecule has 0 radical (unpaired) electrons. The highest BCUT2D eigenvalue weighted by atomic mass is 16.7. The first-order valence-electron chi connectivity index (χ1n) is 9.95. The lowest BCUT2D eigenvalue weighted by Gasteiger charge is -2.29. The smallest absolute Gasteiger partial charge is 0.254 e. The summed E-state index contributed by atoms with van der Waals surface area (Å²) >= 11 is 0. The molecule has 1 fully saturated rings. The molecule has 1 aliphatic heterocycles. The maximum absolute atomic E-state index is 13.4. The fraction of sp³-hybridized carbons (Fsp3) is 0.524. The summed E-state index contributed by atoms with van der Waals surface area (Å²) in [6, 6.07) is 5.79. The van der Waals surface area contributed by atoms with E-state index in [1.54, 1.807) is 0 Å². The molecule has 2 aliphatic carbocycles. The molecule has 2 heterocycles. The standard InChI is InChI=1S/C21H25N3O3/c1-23-18-8-4-7-16(18)17(22-23)12-24(15-5-2-3-6-15)21(25)14-9-10-19-20(11-14)27-13-26-19/h9-11,15H,2-8,12-13H2,1H3. The molecular weight excluding hydrogens is 342 g/mol. The Hall–Kier alpha value is -2.50. The molecule has 0 N–H and O–H groups in total. The van der Waals surface area contributed by atoms with Crippen molar-refractivity contribution in [3.8, 4) is 11.5 Å². The van der Waals surface area contributed by atoms with Gasteiger partial charge in [-0.05, 0) is 55.9 Å². The minimum Gasteiger partial charge on any atom is -0.454 e. The van der Waals surface area contributed by atoms with Crippen molar-refractivity contribution in [2.45, 2.75) is 57.5 Å². The number of benzene rings is 1. The second kappa shape index (κ2) is 6.59. The summed E-state index contributed by atoms with van der Waals surface area (Å²) in [5.41, 5.74) is 4.44. The predicted octanol–water partition coefficient (Wildman–Crippen LogP) is 3.22. The van der Waals surface area contributed by atoms with Crippen molar-refractivity contribution in [3.05, 3.63) is 40.7 Å². The molecule has 142 valence electrons. The van der Waals surface area contributed by atoms with Crippen LogP contribution in [0.3, 0.4) is 0 Å². The van der Waals surface area contributed by atoms with Crippen molar-refractivity contribution in [1.82, 2.24) is 14.7 Å². The maximum atomic E-state index is 13.4. The lowest BCUT2D eigenvalue weighted by Crippen LogP contribution is -2.38. The summed E-state index contributed by atoms with van der Waals surface area (Å²) in [7, 11) is 2.02. The Morgan fingerprint density at radius 2 is 2.00 bits per heavy atom. The molecule has 0 spiro atoms. The number of hydrogen-bond acceptors (Lipinski definition) is 4. The van der Waals surface area contributed by atoms with Crippen molar-refractivity contribution in [3.63, 3.8) is 0 Å². The van der Waals surface area contributed by atoms with Crippen LogP contribution in [0, 0.1) is 0 Å². The van der Waals surface area contributed by atoms with Gasteiger partial charge >= 0.3 is 0 Å². The SMILES string of the molecule is Cn1nc(CN(C(=O)c2ccc3c(c2)OCO3)C2CCCC2)c2c1CCC2. The largest absolute Gasteiger partial charge is 0.454 e. The maximum Gasteiger partial charge on any atom is 0.254 e. The lowest BCUT2D eigenvalue weighted by molar-refractivity contribution is 0.0660. The van der Waals surface area contributed by atoms with E-state index < -0.39 is 0 Å². The van der Waals surface area contributed by atoms with Gasteiger partial charge < -0.3 is 14.4 Å². The number of rotatable bonds is 4. The monoisotopic (exact) mass is 367 g/mol. The van der Waals surface area contributed by atoms with E-state index in [0.29, 0.717) is 29.6 Å². The van der Waals surface area contributed by atoms with E-state index in [1.807, 2.05) is 34.8 Å². The first-order valence-corrected chi connectivity index (χ1v) is 9.95. The summed E-state index contributed by atoms with van der Waals surface area (Å²) in [5.74, 6) is 1.44. The average Bonchev–Trinajstić information content (AvgIpc) is 3.45. The minimum atomic E-state index is 0.0672. The van der Waals surface area contributed by atoms with Gasteiger partial charge in [0, 0.05) is 24.3 Å². The zero-order valence-corrected chi connectivity index (χ0v) is 15.7. The predicted molar refractivity (Wildman–Crippen MR) is 99.9 cm³/mol. The van der Waals surface area contributed by atoms with E-state index in [0.717, 1.165) is 31.4 Å². The molecule has 0 bridgehead atoms. The molecule has 2 aromatic rings. The summed E-state index contributed by atoms with van der Waals surface area (Å²) < 4.78 is 12.9. The Bertz CT molecular complexity index is 883. The fourth-order valence-corrected chi connectivity index (χ4v) is 4.76. The molecule has 3 aliphatic rings. The van der Waals surface area contributed by atoms with Gasteiger partial charge in [0.1, 0.15) is 0 Å². The van der Waals surface area contributed by atoms with E-state index in [-0.39, 0.29) is 12.7 Å². The molecule has 1 saturated carbocycles. The third-order valence-electron chi connectivity index (χ3n) is 6.16. The molecule has 0 saturated heterocycles. The van der Waals surface area contributed by atoms with Crippen molar-refractivity contribution >= 4 is 5.91 Å². The fourth-order valence-electron chi connectivity index (χ4n) is 4.76. The van der Waals surface area contributed by atoms with Crippen LogP contribution in [-0.4, -0.2) is 33.4 Å². The van der Waals surface area contributed by atoms with Crippen LogP contribution in [0.2, 0.25) is 0 Å². The number of aromatic nitrogens is 2. The zero-order valence-electron chi connectivity index (χ0n) is 15.7. The molecule has 1 aromatic heterocycles. The lowest BCUT2D eigenvalue weighted by atomic mass is 10.1. The summed E-state index contributed by atoms with van der Waals surface area (Å²) in [4.78, 5) is 15.5. The van der Waals surface area contributed by atoms with E-state index >= 15 is 0 Å². The first kappa shape index (κ1) is 16.7. The summed E-state index contributed by atoms with van der Waals surface area (Å²) in [6.45, 7) is 0.820. The molecule has 5 rings (SSSR count). The molecule has 1 aromatic carbocycles. The Labute approximate surface area is 159 Å². The van der Waals surface area contributed by atoms with Crippen LogP contribution in [0.4, 0.5) is 0 Å². The molecule has 27 heavy (non-hydrogen) atoms. The molecule has 6 heteroatoms. The van der Waals surface area contributed by atoms with Gasteiger partial charge in [-0.15, -0.1) is 0 Å².